The Balaban J connectivity index is 2.29. The van der Waals surface area contributed by atoms with Gasteiger partial charge in [0.05, 0.1) is 0 Å². The zero-order valence-electron chi connectivity index (χ0n) is 8.93. The lowest BCUT2D eigenvalue weighted by molar-refractivity contribution is 0.224. The summed E-state index contributed by atoms with van der Waals surface area (Å²) in [6, 6.07) is 0. The molecule has 0 heterocycles. The number of rotatable bonds is 5. The Labute approximate surface area is 76.5 Å². The Morgan fingerprint density at radius 3 is 2.00 bits per heavy atom. The van der Waals surface area contributed by atoms with E-state index in [-0.39, 0.29) is 0 Å². The molecule has 0 bridgehead atoms. The molecule has 0 aromatic carbocycles. The third-order valence-electron chi connectivity index (χ3n) is 2.75. The largest absolute Gasteiger partial charge is 0.309 e. The first kappa shape index (κ1) is 10.0. The van der Waals surface area contributed by atoms with Crippen molar-refractivity contribution in [3.63, 3.8) is 0 Å². The van der Waals surface area contributed by atoms with Gasteiger partial charge in [-0.05, 0) is 45.9 Å². The molecule has 1 aliphatic carbocycles. The van der Waals surface area contributed by atoms with E-state index in [1.165, 1.54) is 32.5 Å². The Bertz CT molecular complexity index is 139. The van der Waals surface area contributed by atoms with E-state index >= 15 is 0 Å². The van der Waals surface area contributed by atoms with Crippen molar-refractivity contribution in [2.24, 2.45) is 5.41 Å². The van der Waals surface area contributed by atoms with Gasteiger partial charge in [-0.2, -0.15) is 0 Å². The normalized spacial score (nSPS) is 20.5. The SMILES string of the molecule is CCN(C)CC1(CN(C)C)CC1. The molecular weight excluding hydrogens is 148 g/mol. The summed E-state index contributed by atoms with van der Waals surface area (Å²) in [6.45, 7) is 5.94. The summed E-state index contributed by atoms with van der Waals surface area (Å²) in [5, 5.41) is 0. The first-order valence-corrected chi connectivity index (χ1v) is 4.91. The quantitative estimate of drug-likeness (QED) is 0.613. The summed E-state index contributed by atoms with van der Waals surface area (Å²) in [4.78, 5) is 4.74. The molecule has 0 unspecified atom stereocenters. The molecule has 0 radical (unpaired) electrons. The molecule has 0 aromatic rings. The summed E-state index contributed by atoms with van der Waals surface area (Å²) in [7, 11) is 6.56. The molecule has 2 nitrogen and oxygen atoms in total. The summed E-state index contributed by atoms with van der Waals surface area (Å²) in [5.74, 6) is 0. The highest BCUT2D eigenvalue weighted by molar-refractivity contribution is 4.96. The molecule has 2 heteroatoms. The van der Waals surface area contributed by atoms with Gasteiger partial charge in [0.15, 0.2) is 0 Å². The maximum Gasteiger partial charge on any atom is 0.00471 e. The third-order valence-corrected chi connectivity index (χ3v) is 2.75. The van der Waals surface area contributed by atoms with Crippen LogP contribution in [0, 0.1) is 5.41 Å². The second kappa shape index (κ2) is 3.75. The van der Waals surface area contributed by atoms with Crippen LogP contribution in [0.4, 0.5) is 0 Å². The minimum Gasteiger partial charge on any atom is -0.309 e. The molecule has 1 fully saturated rings. The van der Waals surface area contributed by atoms with Crippen LogP contribution >= 0.6 is 0 Å². The van der Waals surface area contributed by atoms with Crippen molar-refractivity contribution in [3.05, 3.63) is 0 Å². The molecule has 1 rings (SSSR count). The van der Waals surface area contributed by atoms with Crippen molar-refractivity contribution in [1.82, 2.24) is 9.80 Å². The molecule has 0 N–H and O–H groups in total. The molecule has 0 aromatic heterocycles. The van der Waals surface area contributed by atoms with Gasteiger partial charge in [0.2, 0.25) is 0 Å². The predicted octanol–water partition coefficient (Wildman–Crippen LogP) is 1.28. The molecule has 0 atom stereocenters. The average molecular weight is 170 g/mol. The van der Waals surface area contributed by atoms with E-state index < -0.39 is 0 Å². The van der Waals surface area contributed by atoms with Gasteiger partial charge in [-0.25, -0.2) is 0 Å². The monoisotopic (exact) mass is 170 g/mol. The number of hydrogen-bond donors (Lipinski definition) is 0. The first-order chi connectivity index (χ1) is 5.58. The molecule has 0 spiro atoms. The van der Waals surface area contributed by atoms with Gasteiger partial charge in [0.1, 0.15) is 0 Å². The Hall–Kier alpha value is -0.0800. The van der Waals surface area contributed by atoms with Crippen LogP contribution in [0.25, 0.3) is 0 Å². The van der Waals surface area contributed by atoms with Gasteiger partial charge in [0.25, 0.3) is 0 Å². The third kappa shape index (κ3) is 2.76. The highest BCUT2D eigenvalue weighted by Crippen LogP contribution is 2.46. The Morgan fingerprint density at radius 2 is 1.67 bits per heavy atom. The molecule has 0 aliphatic heterocycles. The second-order valence-corrected chi connectivity index (χ2v) is 4.57. The van der Waals surface area contributed by atoms with Crippen molar-refractivity contribution >= 4 is 0 Å². The van der Waals surface area contributed by atoms with Gasteiger partial charge in [0, 0.05) is 13.1 Å². The Morgan fingerprint density at radius 1 is 1.08 bits per heavy atom. The van der Waals surface area contributed by atoms with Crippen LogP contribution in [-0.4, -0.2) is 50.6 Å². The molecule has 0 amide bonds. The summed E-state index contributed by atoms with van der Waals surface area (Å²) in [5.41, 5.74) is 0.647. The lowest BCUT2D eigenvalue weighted by Crippen LogP contribution is -2.33. The Kier molecular flexibility index (Phi) is 3.13. The molecular formula is C10H22N2. The van der Waals surface area contributed by atoms with E-state index in [1.54, 1.807) is 0 Å². The standard InChI is InChI=1S/C10H22N2/c1-5-12(4)9-10(6-7-10)8-11(2)3/h5-9H2,1-4H3. The van der Waals surface area contributed by atoms with Gasteiger partial charge in [-0.3, -0.25) is 0 Å². The predicted molar refractivity (Wildman–Crippen MR) is 53.4 cm³/mol. The average Bonchev–Trinajstić information content (AvgIpc) is 2.67. The van der Waals surface area contributed by atoms with Crippen molar-refractivity contribution in [3.8, 4) is 0 Å². The van der Waals surface area contributed by atoms with E-state index in [9.17, 15) is 0 Å². The van der Waals surface area contributed by atoms with Crippen molar-refractivity contribution in [2.75, 3.05) is 40.8 Å². The van der Waals surface area contributed by atoms with E-state index in [4.69, 9.17) is 0 Å². The van der Waals surface area contributed by atoms with Crippen LogP contribution in [-0.2, 0) is 0 Å². The van der Waals surface area contributed by atoms with Crippen molar-refractivity contribution < 1.29 is 0 Å². The van der Waals surface area contributed by atoms with Gasteiger partial charge >= 0.3 is 0 Å². The summed E-state index contributed by atoms with van der Waals surface area (Å²) >= 11 is 0. The minimum atomic E-state index is 0.647. The second-order valence-electron chi connectivity index (χ2n) is 4.57. The lowest BCUT2D eigenvalue weighted by Gasteiger charge is -2.25. The van der Waals surface area contributed by atoms with Crippen LogP contribution < -0.4 is 0 Å². The molecule has 12 heavy (non-hydrogen) atoms. The number of hydrogen-bond acceptors (Lipinski definition) is 2. The fourth-order valence-electron chi connectivity index (χ4n) is 1.90. The molecule has 0 saturated heterocycles. The smallest absolute Gasteiger partial charge is 0.00471 e. The number of nitrogens with zero attached hydrogens (tertiary/aromatic N) is 2. The van der Waals surface area contributed by atoms with E-state index in [0.29, 0.717) is 5.41 Å². The maximum absolute atomic E-state index is 2.43. The van der Waals surface area contributed by atoms with Crippen LogP contribution in [0.15, 0.2) is 0 Å². The first-order valence-electron chi connectivity index (χ1n) is 4.91. The van der Waals surface area contributed by atoms with Crippen LogP contribution in [0.2, 0.25) is 0 Å². The van der Waals surface area contributed by atoms with Gasteiger partial charge in [-0.15, -0.1) is 0 Å². The fraction of sp³-hybridized carbons (Fsp3) is 1.00. The topological polar surface area (TPSA) is 6.48 Å². The fourth-order valence-corrected chi connectivity index (χ4v) is 1.90. The minimum absolute atomic E-state index is 0.647. The molecule has 72 valence electrons. The highest BCUT2D eigenvalue weighted by atomic mass is 15.1. The van der Waals surface area contributed by atoms with Crippen LogP contribution in [0.5, 0.6) is 0 Å². The zero-order valence-corrected chi connectivity index (χ0v) is 8.93. The molecule has 1 aliphatic rings. The van der Waals surface area contributed by atoms with E-state index in [1.807, 2.05) is 0 Å². The van der Waals surface area contributed by atoms with Crippen molar-refractivity contribution in [1.29, 1.82) is 0 Å². The zero-order chi connectivity index (χ0) is 9.19. The van der Waals surface area contributed by atoms with E-state index in [0.717, 1.165) is 0 Å². The van der Waals surface area contributed by atoms with Crippen LogP contribution in [0.1, 0.15) is 19.8 Å². The summed E-state index contributed by atoms with van der Waals surface area (Å²) in [6.07, 6.45) is 2.85. The van der Waals surface area contributed by atoms with Crippen LogP contribution in [0.3, 0.4) is 0 Å². The molecule has 1 saturated carbocycles. The van der Waals surface area contributed by atoms with Crippen molar-refractivity contribution in [2.45, 2.75) is 19.8 Å². The van der Waals surface area contributed by atoms with E-state index in [2.05, 4.69) is 37.9 Å². The highest BCUT2D eigenvalue weighted by Gasteiger charge is 2.43. The van der Waals surface area contributed by atoms with Gasteiger partial charge in [-0.1, -0.05) is 6.92 Å². The lowest BCUT2D eigenvalue weighted by atomic mass is 10.1. The summed E-state index contributed by atoms with van der Waals surface area (Å²) < 4.78 is 0. The van der Waals surface area contributed by atoms with Gasteiger partial charge < -0.3 is 9.80 Å². The maximum atomic E-state index is 2.43.